The van der Waals surface area contributed by atoms with E-state index in [4.69, 9.17) is 0 Å². The number of unbranched alkanes of at least 4 members (excludes halogenated alkanes) is 2. The Morgan fingerprint density at radius 1 is 1.06 bits per heavy atom. The fourth-order valence-electron chi connectivity index (χ4n) is 2.06. The smallest absolute Gasteiger partial charge is 0.0459 e. The van der Waals surface area contributed by atoms with Crippen LogP contribution in [0.25, 0.3) is 0 Å². The molecule has 0 bridgehead atoms. The molecular formula is C15H33NO. The van der Waals surface area contributed by atoms with Crippen molar-refractivity contribution >= 4 is 0 Å². The van der Waals surface area contributed by atoms with E-state index in [-0.39, 0.29) is 0 Å². The Kier molecular flexibility index (Phi) is 9.85. The maximum absolute atomic E-state index is 9.18. The van der Waals surface area contributed by atoms with E-state index < -0.39 is 0 Å². The molecule has 0 rings (SSSR count). The Morgan fingerprint density at radius 3 is 2.29 bits per heavy atom. The van der Waals surface area contributed by atoms with Gasteiger partial charge in [-0.1, -0.05) is 47.0 Å². The van der Waals surface area contributed by atoms with Gasteiger partial charge in [0.05, 0.1) is 0 Å². The Bertz CT molecular complexity index is 163. The van der Waals surface area contributed by atoms with Crippen molar-refractivity contribution in [3.63, 3.8) is 0 Å². The number of hydrogen-bond acceptors (Lipinski definition) is 2. The zero-order valence-corrected chi connectivity index (χ0v) is 12.4. The fraction of sp³-hybridized carbons (Fsp3) is 1.00. The normalized spacial score (nSPS) is 13.9. The van der Waals surface area contributed by atoms with Gasteiger partial charge in [-0.15, -0.1) is 0 Å². The lowest BCUT2D eigenvalue weighted by Gasteiger charge is -2.18. The van der Waals surface area contributed by atoms with Crippen molar-refractivity contribution in [3.05, 3.63) is 0 Å². The number of aliphatic hydroxyl groups excluding tert-OH is 1. The van der Waals surface area contributed by atoms with Crippen LogP contribution in [0.15, 0.2) is 0 Å². The molecule has 0 aliphatic heterocycles. The number of nitrogens with one attached hydrogen (secondary N) is 1. The van der Waals surface area contributed by atoms with Gasteiger partial charge in [0.1, 0.15) is 0 Å². The van der Waals surface area contributed by atoms with Crippen LogP contribution >= 0.6 is 0 Å². The molecule has 0 aliphatic carbocycles. The summed E-state index contributed by atoms with van der Waals surface area (Å²) >= 11 is 0. The number of hydrogen-bond donors (Lipinski definition) is 2. The van der Waals surface area contributed by atoms with Crippen LogP contribution in [0.3, 0.4) is 0 Å². The van der Waals surface area contributed by atoms with Crippen LogP contribution in [0.5, 0.6) is 0 Å². The molecule has 0 aromatic carbocycles. The van der Waals surface area contributed by atoms with Gasteiger partial charge in [0.15, 0.2) is 0 Å². The van der Waals surface area contributed by atoms with Crippen molar-refractivity contribution < 1.29 is 5.11 Å². The van der Waals surface area contributed by atoms with E-state index in [0.717, 1.165) is 13.1 Å². The Labute approximate surface area is 108 Å². The van der Waals surface area contributed by atoms with Gasteiger partial charge in [-0.2, -0.15) is 0 Å². The molecule has 0 aromatic heterocycles. The van der Waals surface area contributed by atoms with E-state index in [1.807, 2.05) is 0 Å². The molecule has 2 N–H and O–H groups in total. The van der Waals surface area contributed by atoms with Crippen LogP contribution in [0.1, 0.15) is 66.2 Å². The highest BCUT2D eigenvalue weighted by atomic mass is 16.3. The molecule has 1 atom stereocenters. The summed E-state index contributed by atoms with van der Waals surface area (Å²) in [5.74, 6) is 0.544. The summed E-state index contributed by atoms with van der Waals surface area (Å²) in [5.41, 5.74) is 0.392. The third-order valence-corrected chi connectivity index (χ3v) is 3.08. The number of rotatable bonds is 10. The Hall–Kier alpha value is -0.0800. The summed E-state index contributed by atoms with van der Waals surface area (Å²) in [5, 5.41) is 12.7. The van der Waals surface area contributed by atoms with E-state index in [9.17, 15) is 5.11 Å². The SMILES string of the molecule is CCC[C@H](CO)CCCCCNCC(C)(C)C. The summed E-state index contributed by atoms with van der Waals surface area (Å²) in [7, 11) is 0. The average Bonchev–Trinajstić information content (AvgIpc) is 2.24. The zero-order valence-electron chi connectivity index (χ0n) is 12.4. The first-order valence-corrected chi connectivity index (χ1v) is 7.31. The van der Waals surface area contributed by atoms with Crippen LogP contribution in [0.4, 0.5) is 0 Å². The monoisotopic (exact) mass is 243 g/mol. The maximum atomic E-state index is 9.18. The summed E-state index contributed by atoms with van der Waals surface area (Å²) < 4.78 is 0. The molecule has 17 heavy (non-hydrogen) atoms. The van der Waals surface area contributed by atoms with Crippen molar-refractivity contribution in [1.82, 2.24) is 5.32 Å². The highest BCUT2D eigenvalue weighted by Gasteiger charge is 2.08. The van der Waals surface area contributed by atoms with Gasteiger partial charge in [-0.05, 0) is 43.7 Å². The molecule has 0 aromatic rings. The van der Waals surface area contributed by atoms with Crippen LogP contribution < -0.4 is 5.32 Å². The average molecular weight is 243 g/mol. The first-order chi connectivity index (χ1) is 7.99. The van der Waals surface area contributed by atoms with E-state index in [0.29, 0.717) is 17.9 Å². The van der Waals surface area contributed by atoms with Crippen molar-refractivity contribution in [2.24, 2.45) is 11.3 Å². The molecule has 0 spiro atoms. The first kappa shape index (κ1) is 16.9. The molecule has 2 nitrogen and oxygen atoms in total. The van der Waals surface area contributed by atoms with Crippen LogP contribution in [0, 0.1) is 11.3 Å². The third kappa shape index (κ3) is 12.2. The molecule has 2 heteroatoms. The molecule has 0 aliphatic rings. The standard InChI is InChI=1S/C15H33NO/c1-5-9-14(12-17)10-7-6-8-11-16-13-15(2,3)4/h14,16-17H,5-13H2,1-4H3/t14-/m0/s1. The fourth-order valence-corrected chi connectivity index (χ4v) is 2.06. The van der Waals surface area contributed by atoms with Crippen molar-refractivity contribution in [1.29, 1.82) is 0 Å². The summed E-state index contributed by atoms with van der Waals surface area (Å²) in [6.45, 7) is 11.6. The predicted molar refractivity (Wildman–Crippen MR) is 76.3 cm³/mol. The van der Waals surface area contributed by atoms with E-state index in [1.54, 1.807) is 0 Å². The minimum Gasteiger partial charge on any atom is -0.396 e. The van der Waals surface area contributed by atoms with Crippen LogP contribution in [0.2, 0.25) is 0 Å². The van der Waals surface area contributed by atoms with Crippen LogP contribution in [-0.2, 0) is 0 Å². The minimum atomic E-state index is 0.371. The Balaban J connectivity index is 3.28. The molecule has 0 saturated carbocycles. The molecule has 0 unspecified atom stereocenters. The molecule has 0 fully saturated rings. The van der Waals surface area contributed by atoms with Crippen molar-refractivity contribution in [3.8, 4) is 0 Å². The highest BCUT2D eigenvalue weighted by Crippen LogP contribution is 2.15. The van der Waals surface area contributed by atoms with Crippen molar-refractivity contribution in [2.45, 2.75) is 66.2 Å². The van der Waals surface area contributed by atoms with Gasteiger partial charge >= 0.3 is 0 Å². The van der Waals surface area contributed by atoms with Gasteiger partial charge in [-0.25, -0.2) is 0 Å². The van der Waals surface area contributed by atoms with Gasteiger partial charge in [-0.3, -0.25) is 0 Å². The number of aliphatic hydroxyl groups is 1. The maximum Gasteiger partial charge on any atom is 0.0459 e. The molecule has 0 heterocycles. The Morgan fingerprint density at radius 2 is 1.76 bits per heavy atom. The van der Waals surface area contributed by atoms with Crippen LogP contribution in [-0.4, -0.2) is 24.8 Å². The largest absolute Gasteiger partial charge is 0.396 e. The van der Waals surface area contributed by atoms with Crippen molar-refractivity contribution in [2.75, 3.05) is 19.7 Å². The quantitative estimate of drug-likeness (QED) is 0.575. The second-order valence-corrected chi connectivity index (χ2v) is 6.42. The minimum absolute atomic E-state index is 0.371. The van der Waals surface area contributed by atoms with Gasteiger partial charge in [0.25, 0.3) is 0 Å². The first-order valence-electron chi connectivity index (χ1n) is 7.31. The molecule has 104 valence electrons. The van der Waals surface area contributed by atoms with Gasteiger partial charge < -0.3 is 10.4 Å². The predicted octanol–water partition coefficient (Wildman–Crippen LogP) is 3.59. The summed E-state index contributed by atoms with van der Waals surface area (Å²) in [6, 6.07) is 0. The topological polar surface area (TPSA) is 32.3 Å². The summed E-state index contributed by atoms with van der Waals surface area (Å²) in [4.78, 5) is 0. The summed E-state index contributed by atoms with van der Waals surface area (Å²) in [6.07, 6.45) is 7.39. The molecule has 0 saturated heterocycles. The molecular weight excluding hydrogens is 210 g/mol. The lowest BCUT2D eigenvalue weighted by Crippen LogP contribution is -2.27. The molecule has 0 amide bonds. The lowest BCUT2D eigenvalue weighted by molar-refractivity contribution is 0.206. The van der Waals surface area contributed by atoms with Gasteiger partial charge in [0.2, 0.25) is 0 Å². The second kappa shape index (κ2) is 9.90. The van der Waals surface area contributed by atoms with E-state index in [2.05, 4.69) is 33.0 Å². The van der Waals surface area contributed by atoms with E-state index >= 15 is 0 Å². The molecule has 0 radical (unpaired) electrons. The zero-order chi connectivity index (χ0) is 13.1. The van der Waals surface area contributed by atoms with Gasteiger partial charge in [0, 0.05) is 6.61 Å². The lowest BCUT2D eigenvalue weighted by atomic mass is 9.96. The third-order valence-electron chi connectivity index (χ3n) is 3.08. The van der Waals surface area contributed by atoms with E-state index in [1.165, 1.54) is 38.5 Å². The second-order valence-electron chi connectivity index (χ2n) is 6.42. The highest BCUT2D eigenvalue weighted by molar-refractivity contribution is 4.64.